The van der Waals surface area contributed by atoms with Crippen molar-refractivity contribution in [2.24, 2.45) is 17.1 Å². The van der Waals surface area contributed by atoms with Gasteiger partial charge in [0.25, 0.3) is 0 Å². The van der Waals surface area contributed by atoms with Gasteiger partial charge in [0.1, 0.15) is 5.00 Å². The number of hydrogen-bond donors (Lipinski definition) is 2. The SMILES string of the molecule is CC1CCC(CN)(C(=O)Nc2cnns2)CC1. The Bertz CT molecular complexity index is 371. The topological polar surface area (TPSA) is 80.9 Å². The summed E-state index contributed by atoms with van der Waals surface area (Å²) in [5.74, 6) is 0.727. The lowest BCUT2D eigenvalue weighted by Crippen LogP contribution is -2.44. The Hall–Kier alpha value is -1.01. The number of carbonyl (C=O) groups excluding carboxylic acids is 1. The number of amides is 1. The van der Waals surface area contributed by atoms with Crippen LogP contribution in [0, 0.1) is 11.3 Å². The van der Waals surface area contributed by atoms with E-state index in [0.717, 1.165) is 25.7 Å². The molecule has 0 spiro atoms. The van der Waals surface area contributed by atoms with E-state index in [0.29, 0.717) is 17.5 Å². The zero-order chi connectivity index (χ0) is 12.3. The first-order chi connectivity index (χ1) is 8.16. The molecule has 94 valence electrons. The summed E-state index contributed by atoms with van der Waals surface area (Å²) in [5, 5.41) is 7.27. The van der Waals surface area contributed by atoms with Crippen LogP contribution in [0.5, 0.6) is 0 Å². The van der Waals surface area contributed by atoms with E-state index in [1.165, 1.54) is 11.5 Å². The van der Waals surface area contributed by atoms with Crippen molar-refractivity contribution in [3.05, 3.63) is 6.20 Å². The van der Waals surface area contributed by atoms with E-state index in [4.69, 9.17) is 5.73 Å². The maximum Gasteiger partial charge on any atom is 0.232 e. The third-order valence-electron chi connectivity index (χ3n) is 3.70. The van der Waals surface area contributed by atoms with Crippen molar-refractivity contribution >= 4 is 22.4 Å². The third kappa shape index (κ3) is 2.63. The van der Waals surface area contributed by atoms with Crippen LogP contribution in [0.2, 0.25) is 0 Å². The molecular weight excluding hydrogens is 236 g/mol. The van der Waals surface area contributed by atoms with Gasteiger partial charge in [-0.25, -0.2) is 0 Å². The van der Waals surface area contributed by atoms with Gasteiger partial charge in [0.05, 0.1) is 11.6 Å². The minimum atomic E-state index is -0.392. The summed E-state index contributed by atoms with van der Waals surface area (Å²) in [4.78, 5) is 12.3. The maximum absolute atomic E-state index is 12.3. The molecule has 17 heavy (non-hydrogen) atoms. The summed E-state index contributed by atoms with van der Waals surface area (Å²) < 4.78 is 3.73. The van der Waals surface area contributed by atoms with Crippen molar-refractivity contribution in [2.45, 2.75) is 32.6 Å². The van der Waals surface area contributed by atoms with E-state index in [2.05, 4.69) is 21.8 Å². The van der Waals surface area contributed by atoms with Crippen LogP contribution in [0.3, 0.4) is 0 Å². The van der Waals surface area contributed by atoms with E-state index in [-0.39, 0.29) is 5.91 Å². The van der Waals surface area contributed by atoms with Crippen molar-refractivity contribution in [2.75, 3.05) is 11.9 Å². The maximum atomic E-state index is 12.3. The lowest BCUT2D eigenvalue weighted by atomic mass is 9.70. The fourth-order valence-corrected chi connectivity index (χ4v) is 2.72. The van der Waals surface area contributed by atoms with Gasteiger partial charge in [0.2, 0.25) is 5.91 Å². The lowest BCUT2D eigenvalue weighted by Gasteiger charge is -2.36. The number of carbonyl (C=O) groups is 1. The molecule has 5 nitrogen and oxygen atoms in total. The average Bonchev–Trinajstić information content (AvgIpc) is 2.83. The number of anilines is 1. The Labute approximate surface area is 105 Å². The summed E-state index contributed by atoms with van der Waals surface area (Å²) >= 11 is 1.19. The first-order valence-corrected chi connectivity index (χ1v) is 6.72. The zero-order valence-electron chi connectivity index (χ0n) is 9.98. The van der Waals surface area contributed by atoms with Crippen LogP contribution in [-0.2, 0) is 4.79 Å². The van der Waals surface area contributed by atoms with Crippen LogP contribution >= 0.6 is 11.5 Å². The molecule has 1 aliphatic carbocycles. The van der Waals surface area contributed by atoms with E-state index in [1.54, 1.807) is 6.20 Å². The first kappa shape index (κ1) is 12.4. The van der Waals surface area contributed by atoms with Gasteiger partial charge in [0, 0.05) is 18.1 Å². The highest BCUT2D eigenvalue weighted by atomic mass is 32.1. The number of rotatable bonds is 3. The van der Waals surface area contributed by atoms with Gasteiger partial charge in [-0.2, -0.15) is 0 Å². The average molecular weight is 254 g/mol. The normalized spacial score (nSPS) is 28.9. The number of aromatic nitrogens is 2. The molecule has 1 fully saturated rings. The Morgan fingerprint density at radius 2 is 2.35 bits per heavy atom. The van der Waals surface area contributed by atoms with Gasteiger partial charge in [-0.1, -0.05) is 11.4 Å². The highest BCUT2D eigenvalue weighted by molar-refractivity contribution is 7.10. The molecule has 1 aliphatic rings. The molecule has 1 heterocycles. The number of nitrogens with two attached hydrogens (primary N) is 1. The molecule has 1 aromatic heterocycles. The van der Waals surface area contributed by atoms with E-state index in [9.17, 15) is 4.79 Å². The number of hydrogen-bond acceptors (Lipinski definition) is 5. The van der Waals surface area contributed by atoms with Gasteiger partial charge >= 0.3 is 0 Å². The molecule has 0 aliphatic heterocycles. The number of nitrogens with one attached hydrogen (secondary N) is 1. The summed E-state index contributed by atoms with van der Waals surface area (Å²) in [7, 11) is 0. The van der Waals surface area contributed by atoms with Gasteiger partial charge in [-0.05, 0) is 31.6 Å². The van der Waals surface area contributed by atoms with Crippen LogP contribution < -0.4 is 11.1 Å². The van der Waals surface area contributed by atoms with Gasteiger partial charge in [-0.3, -0.25) is 4.79 Å². The largest absolute Gasteiger partial charge is 0.329 e. The molecule has 3 N–H and O–H groups in total. The van der Waals surface area contributed by atoms with Crippen LogP contribution in [0.1, 0.15) is 32.6 Å². The van der Waals surface area contributed by atoms with E-state index < -0.39 is 5.41 Å². The Balaban J connectivity index is 2.05. The third-order valence-corrected chi connectivity index (χ3v) is 4.28. The van der Waals surface area contributed by atoms with Crippen molar-refractivity contribution in [3.63, 3.8) is 0 Å². The summed E-state index contributed by atoms with van der Waals surface area (Å²) in [5.41, 5.74) is 5.43. The predicted octanol–water partition coefficient (Wildman–Crippen LogP) is 1.63. The smallest absolute Gasteiger partial charge is 0.232 e. The van der Waals surface area contributed by atoms with E-state index >= 15 is 0 Å². The molecule has 6 heteroatoms. The molecule has 0 saturated heterocycles. The van der Waals surface area contributed by atoms with Crippen LogP contribution in [0.15, 0.2) is 6.20 Å². The lowest BCUT2D eigenvalue weighted by molar-refractivity contribution is -0.127. The molecule has 0 aromatic carbocycles. The van der Waals surface area contributed by atoms with Gasteiger partial charge in [0.15, 0.2) is 0 Å². The van der Waals surface area contributed by atoms with Crippen molar-refractivity contribution in [1.82, 2.24) is 9.59 Å². The molecule has 1 aromatic rings. The number of nitrogens with zero attached hydrogens (tertiary/aromatic N) is 2. The zero-order valence-corrected chi connectivity index (χ0v) is 10.8. The quantitative estimate of drug-likeness (QED) is 0.859. The van der Waals surface area contributed by atoms with Crippen molar-refractivity contribution in [1.29, 1.82) is 0 Å². The van der Waals surface area contributed by atoms with E-state index in [1.807, 2.05) is 0 Å². The molecular formula is C11H18N4OS. The second-order valence-corrected chi connectivity index (χ2v) is 5.69. The van der Waals surface area contributed by atoms with Crippen LogP contribution in [0.4, 0.5) is 5.00 Å². The van der Waals surface area contributed by atoms with Crippen molar-refractivity contribution < 1.29 is 4.79 Å². The summed E-state index contributed by atoms with van der Waals surface area (Å²) in [6.07, 6.45) is 5.47. The molecule has 0 radical (unpaired) electrons. The highest BCUT2D eigenvalue weighted by Gasteiger charge is 2.39. The minimum Gasteiger partial charge on any atom is -0.329 e. The van der Waals surface area contributed by atoms with Gasteiger partial charge in [-0.15, -0.1) is 5.10 Å². The fraction of sp³-hybridized carbons (Fsp3) is 0.727. The first-order valence-electron chi connectivity index (χ1n) is 5.95. The molecule has 2 rings (SSSR count). The Morgan fingerprint density at radius 1 is 1.65 bits per heavy atom. The second-order valence-electron chi connectivity index (χ2n) is 4.90. The highest BCUT2D eigenvalue weighted by Crippen LogP contribution is 2.39. The van der Waals surface area contributed by atoms with Crippen LogP contribution in [0.25, 0.3) is 0 Å². The Morgan fingerprint density at radius 3 is 2.88 bits per heavy atom. The Kier molecular flexibility index (Phi) is 3.73. The molecule has 1 amide bonds. The van der Waals surface area contributed by atoms with Gasteiger partial charge < -0.3 is 11.1 Å². The molecule has 1 saturated carbocycles. The molecule has 0 unspecified atom stereocenters. The van der Waals surface area contributed by atoms with Crippen LogP contribution in [-0.4, -0.2) is 22.0 Å². The minimum absolute atomic E-state index is 0.0259. The summed E-state index contributed by atoms with van der Waals surface area (Å²) in [6, 6.07) is 0. The predicted molar refractivity (Wildman–Crippen MR) is 67.7 cm³/mol. The summed E-state index contributed by atoms with van der Waals surface area (Å²) in [6.45, 7) is 2.64. The molecule has 0 atom stereocenters. The monoisotopic (exact) mass is 254 g/mol. The standard InChI is InChI=1S/C11H18N4OS/c1-8-2-4-11(7-12,5-3-8)10(16)14-9-6-13-15-17-9/h6,8H,2-5,7,12H2,1H3,(H,14,16). The molecule has 0 bridgehead atoms. The van der Waals surface area contributed by atoms with Crippen molar-refractivity contribution in [3.8, 4) is 0 Å². The fourth-order valence-electron chi connectivity index (χ4n) is 2.31. The second kappa shape index (κ2) is 5.10.